The van der Waals surface area contributed by atoms with Crippen LogP contribution in [0.15, 0.2) is 41.6 Å². The Bertz CT molecular complexity index is 1570. The first kappa shape index (κ1) is 28.3. The number of ether oxygens (including phenoxy) is 2. The quantitative estimate of drug-likeness (QED) is 0.261. The normalized spacial score (nSPS) is 17.5. The van der Waals surface area contributed by atoms with E-state index in [1.807, 2.05) is 20.8 Å². The first-order valence-electron chi connectivity index (χ1n) is 13.3. The second kappa shape index (κ2) is 12.1. The van der Waals surface area contributed by atoms with Gasteiger partial charge in [0.2, 0.25) is 17.4 Å². The Morgan fingerprint density at radius 3 is 2.75 bits per heavy atom. The van der Waals surface area contributed by atoms with Crippen molar-refractivity contribution in [2.45, 2.75) is 58.8 Å². The minimum absolute atomic E-state index is 0.0340. The second-order valence-electron chi connectivity index (χ2n) is 10.0. The highest BCUT2D eigenvalue weighted by atomic mass is 35.5. The topological polar surface area (TPSA) is 91.0 Å². The predicted molar refractivity (Wildman–Crippen MR) is 152 cm³/mol. The smallest absolute Gasteiger partial charge is 0.302 e. The average molecular weight is 588 g/mol. The van der Waals surface area contributed by atoms with Crippen LogP contribution in [-0.2, 0) is 22.5 Å². The predicted octanol–water partition coefficient (Wildman–Crippen LogP) is 4.82. The van der Waals surface area contributed by atoms with Gasteiger partial charge < -0.3 is 18.9 Å². The van der Waals surface area contributed by atoms with Gasteiger partial charge in [0, 0.05) is 43.0 Å². The number of nitrogens with zero attached hydrogens (tertiary/aromatic N) is 5. The summed E-state index contributed by atoms with van der Waals surface area (Å²) < 4.78 is 28.4. The molecule has 1 amide bonds. The lowest BCUT2D eigenvalue weighted by atomic mass is 10.1. The largest absolute Gasteiger partial charge is 0.486 e. The van der Waals surface area contributed by atoms with E-state index < -0.39 is 5.82 Å². The third kappa shape index (κ3) is 6.06. The van der Waals surface area contributed by atoms with Crippen molar-refractivity contribution in [2.24, 2.45) is 0 Å². The molecule has 0 bridgehead atoms. The maximum atomic E-state index is 13.6. The number of carbonyl (C=O) groups excluding carboxylic acids is 1. The van der Waals surface area contributed by atoms with Crippen molar-refractivity contribution in [3.05, 3.63) is 68.4 Å². The number of imidazole rings is 1. The molecule has 5 rings (SSSR count). The van der Waals surface area contributed by atoms with E-state index in [1.54, 1.807) is 40.2 Å². The Kier molecular flexibility index (Phi) is 8.53. The van der Waals surface area contributed by atoms with Crippen LogP contribution in [0, 0.1) is 5.82 Å². The van der Waals surface area contributed by atoms with Crippen molar-refractivity contribution >= 4 is 34.6 Å². The highest BCUT2D eigenvalue weighted by Crippen LogP contribution is 2.31. The zero-order valence-corrected chi connectivity index (χ0v) is 24.2. The summed E-state index contributed by atoms with van der Waals surface area (Å²) in [5.41, 5.74) is 0.803. The summed E-state index contributed by atoms with van der Waals surface area (Å²) in [6.07, 6.45) is 7.08. The fourth-order valence-corrected chi connectivity index (χ4v) is 5.89. The molecule has 0 unspecified atom stereocenters. The van der Waals surface area contributed by atoms with E-state index in [1.165, 1.54) is 21.8 Å². The Morgan fingerprint density at radius 1 is 1.25 bits per heavy atom. The molecule has 9 nitrogen and oxygen atoms in total. The summed E-state index contributed by atoms with van der Waals surface area (Å²) in [5.74, 6) is -0.0979. The van der Waals surface area contributed by atoms with Crippen molar-refractivity contribution in [1.82, 2.24) is 23.8 Å². The SMILES string of the molecule is CCCCOc1c(-c2ncc(Cc3ccc(F)c(Cl)c3)s2)nc2n(CC(=O)N3C[C@H](C)O[C@@H](C)C3)ccn2c1=O. The van der Waals surface area contributed by atoms with Gasteiger partial charge in [0.15, 0.2) is 5.69 Å². The second-order valence-corrected chi connectivity index (χ2v) is 11.5. The number of carbonyl (C=O) groups is 1. The number of hydrogen-bond donors (Lipinski definition) is 0. The maximum absolute atomic E-state index is 13.6. The molecule has 4 aromatic rings. The van der Waals surface area contributed by atoms with Gasteiger partial charge in [-0.05, 0) is 38.0 Å². The van der Waals surface area contributed by atoms with Crippen molar-refractivity contribution in [3.63, 3.8) is 0 Å². The molecule has 1 saturated heterocycles. The fourth-order valence-electron chi connectivity index (χ4n) is 4.75. The van der Waals surface area contributed by atoms with E-state index in [4.69, 9.17) is 26.1 Å². The molecule has 212 valence electrons. The summed E-state index contributed by atoms with van der Waals surface area (Å²) >= 11 is 7.32. The summed E-state index contributed by atoms with van der Waals surface area (Å²) in [6, 6.07) is 4.60. The van der Waals surface area contributed by atoms with Crippen molar-refractivity contribution in [2.75, 3.05) is 19.7 Å². The molecule has 3 aromatic heterocycles. The molecule has 40 heavy (non-hydrogen) atoms. The molecular weight excluding hydrogens is 557 g/mol. The molecule has 2 atom stereocenters. The van der Waals surface area contributed by atoms with Gasteiger partial charge in [0.25, 0.3) is 0 Å². The van der Waals surface area contributed by atoms with Gasteiger partial charge in [0.05, 0.1) is 23.8 Å². The number of morpholine rings is 1. The number of benzene rings is 1. The molecule has 4 heterocycles. The molecule has 0 spiro atoms. The highest BCUT2D eigenvalue weighted by Gasteiger charge is 2.27. The monoisotopic (exact) mass is 587 g/mol. The fraction of sp³-hybridized carbons (Fsp3) is 0.429. The highest BCUT2D eigenvalue weighted by molar-refractivity contribution is 7.15. The summed E-state index contributed by atoms with van der Waals surface area (Å²) in [5, 5.41) is 0.578. The van der Waals surface area contributed by atoms with Crippen LogP contribution in [0.2, 0.25) is 5.02 Å². The van der Waals surface area contributed by atoms with Gasteiger partial charge in [-0.25, -0.2) is 18.8 Å². The molecule has 0 saturated carbocycles. The molecule has 1 aliphatic rings. The van der Waals surface area contributed by atoms with E-state index in [0.717, 1.165) is 23.3 Å². The van der Waals surface area contributed by atoms with E-state index in [-0.39, 0.29) is 41.0 Å². The standard InChI is InChI=1S/C28H31ClFN5O4S/c1-4-5-10-38-25-24(26-31-13-20(40-26)11-19-6-7-22(30)21(29)12-19)32-28-33(8-9-35(28)27(25)37)16-23(36)34-14-17(2)39-18(3)15-34/h6-9,12-13,17-18H,4-5,10-11,14-16H2,1-3H3/t17-,18-/m0/s1. The Morgan fingerprint density at radius 2 is 2.02 bits per heavy atom. The van der Waals surface area contributed by atoms with Crippen LogP contribution in [0.25, 0.3) is 16.5 Å². The van der Waals surface area contributed by atoms with Crippen LogP contribution in [-0.4, -0.2) is 61.6 Å². The number of halogens is 2. The van der Waals surface area contributed by atoms with Gasteiger partial charge in [-0.15, -0.1) is 11.3 Å². The Balaban J connectivity index is 1.48. The van der Waals surface area contributed by atoms with Crippen LogP contribution in [0.1, 0.15) is 44.1 Å². The van der Waals surface area contributed by atoms with E-state index in [0.29, 0.717) is 42.6 Å². The summed E-state index contributed by atoms with van der Waals surface area (Å²) in [4.78, 5) is 38.8. The molecule has 1 aliphatic heterocycles. The lowest BCUT2D eigenvalue weighted by Crippen LogP contribution is -2.49. The summed E-state index contributed by atoms with van der Waals surface area (Å²) in [6.45, 7) is 7.36. The molecule has 1 aromatic carbocycles. The number of amides is 1. The van der Waals surface area contributed by atoms with Crippen LogP contribution in [0.5, 0.6) is 5.75 Å². The van der Waals surface area contributed by atoms with E-state index in [9.17, 15) is 14.0 Å². The number of aromatic nitrogens is 4. The molecule has 0 radical (unpaired) electrons. The zero-order chi connectivity index (χ0) is 28.4. The van der Waals surface area contributed by atoms with Crippen LogP contribution >= 0.6 is 22.9 Å². The molecule has 12 heteroatoms. The Hall–Kier alpha value is -3.28. The Labute approximate surface area is 240 Å². The van der Waals surface area contributed by atoms with E-state index in [2.05, 4.69) is 4.98 Å². The number of fused-ring (bicyclic) bond motifs is 1. The maximum Gasteiger partial charge on any atom is 0.302 e. The average Bonchev–Trinajstić information content (AvgIpc) is 3.54. The van der Waals surface area contributed by atoms with Gasteiger partial charge >= 0.3 is 5.56 Å². The first-order chi connectivity index (χ1) is 19.2. The summed E-state index contributed by atoms with van der Waals surface area (Å²) in [7, 11) is 0. The lowest BCUT2D eigenvalue weighted by molar-refractivity contribution is -0.143. The zero-order valence-electron chi connectivity index (χ0n) is 22.6. The van der Waals surface area contributed by atoms with Gasteiger partial charge in [-0.1, -0.05) is 31.0 Å². The van der Waals surface area contributed by atoms with Crippen LogP contribution in [0.3, 0.4) is 0 Å². The molecule has 1 fully saturated rings. The van der Waals surface area contributed by atoms with Gasteiger partial charge in [0.1, 0.15) is 17.4 Å². The van der Waals surface area contributed by atoms with Crippen molar-refractivity contribution < 1.29 is 18.7 Å². The molecular formula is C28H31ClFN5O4S. The number of hydrogen-bond acceptors (Lipinski definition) is 7. The van der Waals surface area contributed by atoms with Crippen molar-refractivity contribution in [1.29, 1.82) is 0 Å². The minimum Gasteiger partial charge on any atom is -0.486 e. The number of rotatable bonds is 9. The molecule has 0 aliphatic carbocycles. The van der Waals surface area contributed by atoms with Gasteiger partial charge in [-0.2, -0.15) is 0 Å². The third-order valence-electron chi connectivity index (χ3n) is 6.65. The van der Waals surface area contributed by atoms with E-state index >= 15 is 0 Å². The first-order valence-corrected chi connectivity index (χ1v) is 14.5. The molecule has 0 N–H and O–H groups in total. The van der Waals surface area contributed by atoms with Crippen LogP contribution in [0.4, 0.5) is 4.39 Å². The third-order valence-corrected chi connectivity index (χ3v) is 7.94. The number of thiazole rings is 1. The van der Waals surface area contributed by atoms with Gasteiger partial charge in [-0.3, -0.25) is 9.59 Å². The van der Waals surface area contributed by atoms with Crippen molar-refractivity contribution in [3.8, 4) is 16.5 Å². The number of unbranched alkanes of at least 4 members (excludes halogenated alkanes) is 1. The lowest BCUT2D eigenvalue weighted by Gasteiger charge is -2.35. The van der Waals surface area contributed by atoms with Crippen LogP contribution < -0.4 is 10.3 Å². The minimum atomic E-state index is -0.471.